The van der Waals surface area contributed by atoms with Crippen molar-refractivity contribution in [1.82, 2.24) is 0 Å². The molecule has 84 valence electrons. The second-order valence-electron chi connectivity index (χ2n) is 4.10. The SMILES string of the molecule is Cc1ccc(C(=O)[C@H]2C[C@@H]2C(=O)[O-])cc1Cl.[Na+]. The Morgan fingerprint density at radius 1 is 1.35 bits per heavy atom. The van der Waals surface area contributed by atoms with Crippen molar-refractivity contribution in [2.45, 2.75) is 13.3 Å². The van der Waals surface area contributed by atoms with Gasteiger partial charge in [-0.05, 0) is 25.0 Å². The van der Waals surface area contributed by atoms with E-state index < -0.39 is 17.8 Å². The van der Waals surface area contributed by atoms with Crippen LogP contribution in [-0.4, -0.2) is 11.8 Å². The predicted molar refractivity (Wildman–Crippen MR) is 57.1 cm³/mol. The Morgan fingerprint density at radius 2 is 2.00 bits per heavy atom. The molecule has 0 spiro atoms. The molecule has 3 nitrogen and oxygen atoms in total. The Hall–Kier alpha value is -0.350. The summed E-state index contributed by atoms with van der Waals surface area (Å²) >= 11 is 5.90. The van der Waals surface area contributed by atoms with Crippen LogP contribution in [0.25, 0.3) is 0 Å². The molecule has 5 heteroatoms. The molecule has 2 atom stereocenters. The Labute approximate surface area is 126 Å². The molecule has 1 aromatic carbocycles. The Morgan fingerprint density at radius 3 is 2.47 bits per heavy atom. The molecule has 2 rings (SSSR count). The van der Waals surface area contributed by atoms with Crippen LogP contribution >= 0.6 is 11.6 Å². The van der Waals surface area contributed by atoms with Crippen molar-refractivity contribution in [3.8, 4) is 0 Å². The minimum atomic E-state index is -1.14. The third-order valence-corrected chi connectivity index (χ3v) is 3.29. The van der Waals surface area contributed by atoms with Crippen molar-refractivity contribution in [1.29, 1.82) is 0 Å². The van der Waals surface area contributed by atoms with Gasteiger partial charge in [-0.3, -0.25) is 4.79 Å². The second-order valence-corrected chi connectivity index (χ2v) is 4.50. The number of halogens is 1. The molecule has 0 bridgehead atoms. The van der Waals surface area contributed by atoms with Crippen LogP contribution < -0.4 is 34.7 Å². The number of aliphatic carboxylic acids is 1. The fraction of sp³-hybridized carbons (Fsp3) is 0.333. The third kappa shape index (κ3) is 3.10. The number of ketones is 1. The number of benzene rings is 1. The minimum absolute atomic E-state index is 0. The van der Waals surface area contributed by atoms with Gasteiger partial charge in [-0.25, -0.2) is 0 Å². The summed E-state index contributed by atoms with van der Waals surface area (Å²) in [6, 6.07) is 5.02. The maximum atomic E-state index is 11.8. The smallest absolute Gasteiger partial charge is 0.550 e. The summed E-state index contributed by atoms with van der Waals surface area (Å²) in [5.74, 6) is -2.34. The molecular formula is C12H10ClNaO3. The molecule has 0 amide bonds. The van der Waals surface area contributed by atoms with E-state index >= 15 is 0 Å². The zero-order valence-electron chi connectivity index (χ0n) is 9.70. The number of hydrogen-bond donors (Lipinski definition) is 0. The van der Waals surface area contributed by atoms with E-state index in [1.165, 1.54) is 0 Å². The van der Waals surface area contributed by atoms with Gasteiger partial charge in [0.2, 0.25) is 0 Å². The molecule has 0 N–H and O–H groups in total. The van der Waals surface area contributed by atoms with Crippen molar-refractivity contribution in [2.24, 2.45) is 11.8 Å². The standard InChI is InChI=1S/C12H11ClO3.Na/c1-6-2-3-7(4-10(6)13)11(14)8-5-9(8)12(15)16;/h2-4,8-9H,5H2,1H3,(H,15,16);/q;+1/p-1/t8-,9-;/m0./s1. The summed E-state index contributed by atoms with van der Waals surface area (Å²) in [5.41, 5.74) is 1.37. The zero-order chi connectivity index (χ0) is 11.9. The van der Waals surface area contributed by atoms with E-state index in [0.29, 0.717) is 17.0 Å². The zero-order valence-corrected chi connectivity index (χ0v) is 12.5. The van der Waals surface area contributed by atoms with E-state index in [1.807, 2.05) is 6.92 Å². The molecule has 1 aliphatic carbocycles. The summed E-state index contributed by atoms with van der Waals surface area (Å²) in [6.45, 7) is 1.84. The molecule has 0 heterocycles. The van der Waals surface area contributed by atoms with E-state index in [2.05, 4.69) is 0 Å². The van der Waals surface area contributed by atoms with Gasteiger partial charge in [0, 0.05) is 28.4 Å². The van der Waals surface area contributed by atoms with Gasteiger partial charge >= 0.3 is 29.6 Å². The quantitative estimate of drug-likeness (QED) is 0.477. The molecule has 0 aromatic heterocycles. The summed E-state index contributed by atoms with van der Waals surface area (Å²) in [7, 11) is 0. The summed E-state index contributed by atoms with van der Waals surface area (Å²) in [4.78, 5) is 22.4. The first-order valence-corrected chi connectivity index (χ1v) is 5.39. The number of carbonyl (C=O) groups is 2. The Balaban J connectivity index is 0.00000144. The fourth-order valence-corrected chi connectivity index (χ4v) is 1.89. The van der Waals surface area contributed by atoms with Crippen LogP contribution in [0.4, 0.5) is 0 Å². The van der Waals surface area contributed by atoms with E-state index in [1.54, 1.807) is 18.2 Å². The average Bonchev–Trinajstić information content (AvgIpc) is 3.01. The van der Waals surface area contributed by atoms with Crippen molar-refractivity contribution < 1.29 is 44.3 Å². The van der Waals surface area contributed by atoms with Gasteiger partial charge in [0.15, 0.2) is 5.78 Å². The van der Waals surface area contributed by atoms with E-state index in [0.717, 1.165) is 5.56 Å². The molecule has 0 saturated heterocycles. The number of hydrogen-bond acceptors (Lipinski definition) is 3. The molecule has 1 saturated carbocycles. The monoisotopic (exact) mass is 260 g/mol. The second kappa shape index (κ2) is 5.53. The number of carboxylic acids is 1. The van der Waals surface area contributed by atoms with Gasteiger partial charge in [-0.2, -0.15) is 0 Å². The maximum Gasteiger partial charge on any atom is 1.00 e. The van der Waals surface area contributed by atoms with Crippen LogP contribution in [0.5, 0.6) is 0 Å². The molecule has 0 aliphatic heterocycles. The first kappa shape index (κ1) is 14.7. The molecule has 1 fully saturated rings. The van der Waals surface area contributed by atoms with Crippen LogP contribution in [0.1, 0.15) is 22.3 Å². The minimum Gasteiger partial charge on any atom is -0.550 e. The fourth-order valence-electron chi connectivity index (χ4n) is 1.71. The number of carboxylic acid groups (broad SMARTS) is 1. The third-order valence-electron chi connectivity index (χ3n) is 2.89. The van der Waals surface area contributed by atoms with Crippen LogP contribution in [0.3, 0.4) is 0 Å². The summed E-state index contributed by atoms with van der Waals surface area (Å²) < 4.78 is 0. The topological polar surface area (TPSA) is 57.2 Å². The number of aryl methyl sites for hydroxylation is 1. The van der Waals surface area contributed by atoms with E-state index in [9.17, 15) is 14.7 Å². The predicted octanol–water partition coefficient (Wildman–Crippen LogP) is -1.78. The number of carbonyl (C=O) groups excluding carboxylic acids is 2. The van der Waals surface area contributed by atoms with Crippen LogP contribution in [-0.2, 0) is 4.79 Å². The first-order chi connectivity index (χ1) is 7.50. The van der Waals surface area contributed by atoms with Gasteiger partial charge in [-0.1, -0.05) is 23.7 Å². The maximum absolute atomic E-state index is 11.8. The van der Waals surface area contributed by atoms with Gasteiger partial charge in [0.1, 0.15) is 0 Å². The number of rotatable bonds is 3. The van der Waals surface area contributed by atoms with Crippen molar-refractivity contribution in [2.75, 3.05) is 0 Å². The molecule has 17 heavy (non-hydrogen) atoms. The molecule has 0 radical (unpaired) electrons. The van der Waals surface area contributed by atoms with Gasteiger partial charge < -0.3 is 9.90 Å². The van der Waals surface area contributed by atoms with Gasteiger partial charge in [-0.15, -0.1) is 0 Å². The van der Waals surface area contributed by atoms with Crippen LogP contribution in [0, 0.1) is 18.8 Å². The van der Waals surface area contributed by atoms with Crippen molar-refractivity contribution in [3.05, 3.63) is 34.3 Å². The molecule has 1 aliphatic rings. The molecule has 0 unspecified atom stereocenters. The van der Waals surface area contributed by atoms with Crippen LogP contribution in [0.2, 0.25) is 5.02 Å². The van der Waals surface area contributed by atoms with Crippen LogP contribution in [0.15, 0.2) is 18.2 Å². The van der Waals surface area contributed by atoms with Gasteiger partial charge in [0.25, 0.3) is 0 Å². The van der Waals surface area contributed by atoms with Gasteiger partial charge in [0.05, 0.1) is 0 Å². The molecular weight excluding hydrogens is 251 g/mol. The molecule has 1 aromatic rings. The number of Topliss-reactive ketones (excluding diaryl/α,β-unsaturated/α-hetero) is 1. The summed E-state index contributed by atoms with van der Waals surface area (Å²) in [5, 5.41) is 11.1. The van der Waals surface area contributed by atoms with E-state index in [4.69, 9.17) is 11.6 Å². The van der Waals surface area contributed by atoms with E-state index in [-0.39, 0.29) is 35.3 Å². The Kier molecular flexibility index (Phi) is 4.78. The van der Waals surface area contributed by atoms with Crippen molar-refractivity contribution in [3.63, 3.8) is 0 Å². The first-order valence-electron chi connectivity index (χ1n) is 5.02. The normalized spacial score (nSPS) is 21.5. The average molecular weight is 261 g/mol. The Bertz CT molecular complexity index is 473. The van der Waals surface area contributed by atoms with Crippen molar-refractivity contribution >= 4 is 23.4 Å². The summed E-state index contributed by atoms with van der Waals surface area (Å²) in [6.07, 6.45) is 0.382. The largest absolute Gasteiger partial charge is 1.00 e.